The second-order valence-corrected chi connectivity index (χ2v) is 8.00. The predicted molar refractivity (Wildman–Crippen MR) is 113 cm³/mol. The fourth-order valence-corrected chi connectivity index (χ4v) is 4.18. The van der Waals surface area contributed by atoms with E-state index in [9.17, 15) is 14.0 Å². The number of hydrogen-bond acceptors (Lipinski definition) is 5. The lowest BCUT2D eigenvalue weighted by molar-refractivity contribution is -0.120. The van der Waals surface area contributed by atoms with Crippen molar-refractivity contribution >= 4 is 46.0 Å². The number of carbonyl (C=O) groups excluding carboxylic acids is 2. The van der Waals surface area contributed by atoms with Crippen LogP contribution in [0.4, 0.5) is 15.8 Å². The molecule has 2 amide bonds. The molecule has 2 aromatic carbocycles. The highest BCUT2D eigenvalue weighted by Gasteiger charge is 2.43. The van der Waals surface area contributed by atoms with Crippen LogP contribution < -0.4 is 5.32 Å². The van der Waals surface area contributed by atoms with Crippen LogP contribution in [-0.4, -0.2) is 39.5 Å². The van der Waals surface area contributed by atoms with Gasteiger partial charge >= 0.3 is 0 Å². The van der Waals surface area contributed by atoms with Crippen LogP contribution >= 0.6 is 11.8 Å². The van der Waals surface area contributed by atoms with E-state index in [2.05, 4.69) is 15.3 Å². The van der Waals surface area contributed by atoms with Gasteiger partial charge in [0.25, 0.3) is 5.91 Å². The first-order chi connectivity index (χ1) is 14.0. The van der Waals surface area contributed by atoms with E-state index < -0.39 is 11.9 Å². The number of amidine groups is 2. The Hall–Kier alpha value is -3.00. The molecule has 1 unspecified atom stereocenters. The highest BCUT2D eigenvalue weighted by molar-refractivity contribution is 8.14. The maximum atomic E-state index is 13.8. The van der Waals surface area contributed by atoms with Gasteiger partial charge in [-0.1, -0.05) is 49.9 Å². The average molecular weight is 410 g/mol. The van der Waals surface area contributed by atoms with Gasteiger partial charge in [0, 0.05) is 5.56 Å². The van der Waals surface area contributed by atoms with Crippen LogP contribution in [0.2, 0.25) is 0 Å². The number of nitrogens with zero attached hydrogens (tertiary/aromatic N) is 3. The molecule has 0 aromatic heterocycles. The van der Waals surface area contributed by atoms with E-state index in [-0.39, 0.29) is 29.2 Å². The second-order valence-electron chi connectivity index (χ2n) is 7.06. The third-order valence-electron chi connectivity index (χ3n) is 4.65. The van der Waals surface area contributed by atoms with Crippen molar-refractivity contribution in [2.45, 2.75) is 19.9 Å². The van der Waals surface area contributed by atoms with Crippen LogP contribution in [0.1, 0.15) is 19.4 Å². The number of amides is 2. The average Bonchev–Trinajstić information content (AvgIpc) is 3.05. The van der Waals surface area contributed by atoms with Crippen LogP contribution in [0.3, 0.4) is 0 Å². The summed E-state index contributed by atoms with van der Waals surface area (Å²) in [7, 11) is 0. The number of benzene rings is 2. The number of para-hydroxylation sites is 2. The molecular weight excluding hydrogens is 391 g/mol. The summed E-state index contributed by atoms with van der Waals surface area (Å²) < 4.78 is 13.8. The summed E-state index contributed by atoms with van der Waals surface area (Å²) >= 11 is 1.20. The van der Waals surface area contributed by atoms with E-state index in [1.807, 2.05) is 43.0 Å². The van der Waals surface area contributed by atoms with Crippen molar-refractivity contribution in [1.29, 1.82) is 0 Å². The van der Waals surface area contributed by atoms with Crippen LogP contribution in [0, 0.1) is 11.7 Å². The van der Waals surface area contributed by atoms with Crippen molar-refractivity contribution in [3.63, 3.8) is 0 Å². The Morgan fingerprint density at radius 2 is 1.90 bits per heavy atom. The van der Waals surface area contributed by atoms with E-state index in [1.54, 1.807) is 12.1 Å². The zero-order valence-corrected chi connectivity index (χ0v) is 16.7. The van der Waals surface area contributed by atoms with Gasteiger partial charge in [0.05, 0.1) is 17.1 Å². The van der Waals surface area contributed by atoms with Gasteiger partial charge in [0.1, 0.15) is 17.7 Å². The van der Waals surface area contributed by atoms with Gasteiger partial charge in [0.15, 0.2) is 5.17 Å². The molecule has 0 saturated heterocycles. The standard InChI is InChI=1S/C21H19FN4O2S/c1-12(2)18-20(28)25-19-13-7-3-5-9-15(13)24-21(26(18)19)29-11-17(27)23-16-10-6-4-8-14(16)22/h3-10,12,18H,11H2,1-2H3,(H,23,27). The monoisotopic (exact) mass is 410 g/mol. The van der Waals surface area contributed by atoms with Crippen molar-refractivity contribution in [3.05, 3.63) is 59.9 Å². The Morgan fingerprint density at radius 1 is 1.17 bits per heavy atom. The maximum absolute atomic E-state index is 13.8. The SMILES string of the molecule is CC(C)C1C(=O)N=C2c3ccccc3N=C(SCC(=O)Nc3ccccc3F)N21. The Balaban J connectivity index is 1.58. The smallest absolute Gasteiger partial charge is 0.271 e. The summed E-state index contributed by atoms with van der Waals surface area (Å²) in [5.41, 5.74) is 1.63. The molecule has 2 heterocycles. The molecular formula is C21H19FN4O2S. The Bertz CT molecular complexity index is 1050. The van der Waals surface area contributed by atoms with Gasteiger partial charge in [0.2, 0.25) is 5.91 Å². The molecule has 0 bridgehead atoms. The summed E-state index contributed by atoms with van der Waals surface area (Å²) in [5, 5.41) is 3.10. The van der Waals surface area contributed by atoms with Gasteiger partial charge in [-0.3, -0.25) is 14.5 Å². The molecule has 0 radical (unpaired) electrons. The molecule has 0 aliphatic carbocycles. The lowest BCUT2D eigenvalue weighted by Crippen LogP contribution is -2.46. The Kier molecular flexibility index (Phi) is 5.19. The summed E-state index contributed by atoms with van der Waals surface area (Å²) in [5.74, 6) is -0.446. The number of hydrogen-bond donors (Lipinski definition) is 1. The normalized spacial score (nSPS) is 17.6. The largest absolute Gasteiger partial charge is 0.323 e. The third kappa shape index (κ3) is 3.67. The van der Waals surface area contributed by atoms with E-state index in [0.717, 1.165) is 5.56 Å². The number of aliphatic imine (C=N–C) groups is 2. The molecule has 1 N–H and O–H groups in total. The number of thioether (sulfide) groups is 1. The molecule has 2 aliphatic rings. The third-order valence-corrected chi connectivity index (χ3v) is 5.61. The van der Waals surface area contributed by atoms with Crippen molar-refractivity contribution in [1.82, 2.24) is 4.90 Å². The van der Waals surface area contributed by atoms with E-state index >= 15 is 0 Å². The van der Waals surface area contributed by atoms with E-state index in [0.29, 0.717) is 16.7 Å². The zero-order valence-electron chi connectivity index (χ0n) is 15.9. The molecule has 1 atom stereocenters. The minimum atomic E-state index is -0.491. The molecule has 0 saturated carbocycles. The molecule has 4 rings (SSSR count). The highest BCUT2D eigenvalue weighted by atomic mass is 32.2. The number of halogens is 1. The lowest BCUT2D eigenvalue weighted by atomic mass is 10.0. The van der Waals surface area contributed by atoms with E-state index in [1.165, 1.54) is 23.9 Å². The summed E-state index contributed by atoms with van der Waals surface area (Å²) in [6.45, 7) is 3.91. The minimum Gasteiger partial charge on any atom is -0.323 e. The number of fused-ring (bicyclic) bond motifs is 3. The molecule has 0 fully saturated rings. The molecule has 2 aliphatic heterocycles. The fourth-order valence-electron chi connectivity index (χ4n) is 3.35. The summed E-state index contributed by atoms with van der Waals surface area (Å²) in [6.07, 6.45) is 0. The van der Waals surface area contributed by atoms with Crippen LogP contribution in [0.5, 0.6) is 0 Å². The van der Waals surface area contributed by atoms with Gasteiger partial charge in [-0.15, -0.1) is 0 Å². The number of nitrogens with one attached hydrogen (secondary N) is 1. The molecule has 0 spiro atoms. The maximum Gasteiger partial charge on any atom is 0.271 e. The zero-order chi connectivity index (χ0) is 20.5. The van der Waals surface area contributed by atoms with Gasteiger partial charge in [-0.25, -0.2) is 9.38 Å². The van der Waals surface area contributed by atoms with E-state index in [4.69, 9.17) is 0 Å². The summed E-state index contributed by atoms with van der Waals surface area (Å²) in [6, 6.07) is 13.0. The van der Waals surface area contributed by atoms with Crippen LogP contribution in [0.25, 0.3) is 0 Å². The lowest BCUT2D eigenvalue weighted by Gasteiger charge is -2.32. The van der Waals surface area contributed by atoms with Gasteiger partial charge < -0.3 is 5.32 Å². The van der Waals surface area contributed by atoms with Crippen molar-refractivity contribution < 1.29 is 14.0 Å². The van der Waals surface area contributed by atoms with Crippen molar-refractivity contribution in [2.24, 2.45) is 15.9 Å². The quantitative estimate of drug-likeness (QED) is 0.832. The van der Waals surface area contributed by atoms with Crippen molar-refractivity contribution in [3.8, 4) is 0 Å². The Labute approximate surface area is 171 Å². The highest BCUT2D eigenvalue weighted by Crippen LogP contribution is 2.35. The number of carbonyl (C=O) groups is 2. The topological polar surface area (TPSA) is 74.1 Å². The summed E-state index contributed by atoms with van der Waals surface area (Å²) in [4.78, 5) is 35.7. The molecule has 29 heavy (non-hydrogen) atoms. The number of anilines is 1. The minimum absolute atomic E-state index is 0.0204. The molecule has 148 valence electrons. The van der Waals surface area contributed by atoms with Gasteiger partial charge in [-0.05, 0) is 30.2 Å². The number of rotatable bonds is 4. The Morgan fingerprint density at radius 3 is 2.66 bits per heavy atom. The van der Waals surface area contributed by atoms with Crippen LogP contribution in [0.15, 0.2) is 58.5 Å². The fraction of sp³-hybridized carbons (Fsp3) is 0.238. The first kappa shape index (κ1) is 19.3. The second kappa shape index (κ2) is 7.79. The first-order valence-electron chi connectivity index (χ1n) is 9.22. The van der Waals surface area contributed by atoms with Crippen LogP contribution in [-0.2, 0) is 9.59 Å². The molecule has 2 aromatic rings. The van der Waals surface area contributed by atoms with Crippen molar-refractivity contribution in [2.75, 3.05) is 11.1 Å². The first-order valence-corrected chi connectivity index (χ1v) is 10.2. The van der Waals surface area contributed by atoms with Gasteiger partial charge in [-0.2, -0.15) is 4.99 Å². The molecule has 6 nitrogen and oxygen atoms in total. The predicted octanol–water partition coefficient (Wildman–Crippen LogP) is 3.81. The molecule has 8 heteroatoms.